The van der Waals surface area contributed by atoms with Gasteiger partial charge in [-0.15, -0.1) is 0 Å². The van der Waals surface area contributed by atoms with Crippen molar-refractivity contribution in [3.8, 4) is 11.5 Å². The highest BCUT2D eigenvalue weighted by atomic mass is 16.5. The summed E-state index contributed by atoms with van der Waals surface area (Å²) in [5.41, 5.74) is 0.968. The van der Waals surface area contributed by atoms with Crippen molar-refractivity contribution in [2.75, 3.05) is 14.2 Å². The Morgan fingerprint density at radius 1 is 1.04 bits per heavy atom. The van der Waals surface area contributed by atoms with Crippen molar-refractivity contribution in [3.63, 3.8) is 0 Å². The Kier molecular flexibility index (Phi) is 4.43. The molecule has 6 heteroatoms. The SMILES string of the molecule is COc1ccc(OC)c(C2NC(=O)C(=O)/C2=C(/O)c2ccccc2)c1. The quantitative estimate of drug-likeness (QED) is 0.508. The predicted molar refractivity (Wildman–Crippen MR) is 91.4 cm³/mol. The summed E-state index contributed by atoms with van der Waals surface area (Å²) >= 11 is 0. The number of benzene rings is 2. The summed E-state index contributed by atoms with van der Waals surface area (Å²) in [6.45, 7) is 0. The van der Waals surface area contributed by atoms with Crippen LogP contribution in [0.25, 0.3) is 5.76 Å². The van der Waals surface area contributed by atoms with E-state index in [4.69, 9.17) is 9.47 Å². The van der Waals surface area contributed by atoms with E-state index in [0.29, 0.717) is 22.6 Å². The van der Waals surface area contributed by atoms with E-state index in [2.05, 4.69) is 5.32 Å². The highest BCUT2D eigenvalue weighted by Crippen LogP contribution is 2.38. The number of amides is 1. The zero-order valence-electron chi connectivity index (χ0n) is 13.8. The third-order valence-corrected chi connectivity index (χ3v) is 4.07. The Balaban J connectivity index is 2.18. The molecule has 0 bridgehead atoms. The topological polar surface area (TPSA) is 84.9 Å². The molecule has 128 valence electrons. The lowest BCUT2D eigenvalue weighted by Crippen LogP contribution is -2.21. The van der Waals surface area contributed by atoms with Crippen molar-refractivity contribution >= 4 is 17.4 Å². The van der Waals surface area contributed by atoms with Crippen molar-refractivity contribution in [2.24, 2.45) is 0 Å². The Labute approximate surface area is 144 Å². The van der Waals surface area contributed by atoms with Gasteiger partial charge in [0.2, 0.25) is 0 Å². The first-order valence-electron chi connectivity index (χ1n) is 7.62. The second-order valence-corrected chi connectivity index (χ2v) is 5.47. The zero-order chi connectivity index (χ0) is 18.0. The summed E-state index contributed by atoms with van der Waals surface area (Å²) in [6, 6.07) is 12.8. The third-order valence-electron chi connectivity index (χ3n) is 4.07. The molecule has 0 saturated carbocycles. The van der Waals surface area contributed by atoms with E-state index in [0.717, 1.165) is 0 Å². The number of ketones is 1. The molecule has 0 aromatic heterocycles. The van der Waals surface area contributed by atoms with Crippen molar-refractivity contribution < 1.29 is 24.2 Å². The summed E-state index contributed by atoms with van der Waals surface area (Å²) in [5.74, 6) is -0.760. The van der Waals surface area contributed by atoms with Gasteiger partial charge in [-0.25, -0.2) is 0 Å². The Hall–Kier alpha value is -3.28. The molecule has 1 unspecified atom stereocenters. The molecule has 1 heterocycles. The zero-order valence-corrected chi connectivity index (χ0v) is 13.8. The lowest BCUT2D eigenvalue weighted by molar-refractivity contribution is -0.133. The van der Waals surface area contributed by atoms with E-state index in [1.54, 1.807) is 48.5 Å². The molecule has 6 nitrogen and oxygen atoms in total. The minimum atomic E-state index is -0.828. The number of Topliss-reactive ketones (excluding diaryl/α,β-unsaturated/α-hetero) is 1. The number of hydrogen-bond acceptors (Lipinski definition) is 5. The van der Waals surface area contributed by atoms with Crippen LogP contribution in [0.15, 0.2) is 54.1 Å². The van der Waals surface area contributed by atoms with Crippen LogP contribution in [0.1, 0.15) is 17.2 Å². The van der Waals surface area contributed by atoms with Crippen molar-refractivity contribution in [1.29, 1.82) is 0 Å². The second kappa shape index (κ2) is 6.68. The summed E-state index contributed by atoms with van der Waals surface area (Å²) in [7, 11) is 3.01. The first-order chi connectivity index (χ1) is 12.1. The normalized spacial score (nSPS) is 18.7. The van der Waals surface area contributed by atoms with Gasteiger partial charge in [0.1, 0.15) is 17.3 Å². The number of rotatable bonds is 4. The average molecular weight is 339 g/mol. The fourth-order valence-corrected chi connectivity index (χ4v) is 2.82. The van der Waals surface area contributed by atoms with Gasteiger partial charge in [-0.3, -0.25) is 9.59 Å². The number of nitrogens with one attached hydrogen (secondary N) is 1. The van der Waals surface area contributed by atoms with Gasteiger partial charge in [-0.1, -0.05) is 30.3 Å². The number of hydrogen-bond donors (Lipinski definition) is 2. The number of aliphatic hydroxyl groups is 1. The van der Waals surface area contributed by atoms with E-state index in [9.17, 15) is 14.7 Å². The smallest absolute Gasteiger partial charge is 0.293 e. The van der Waals surface area contributed by atoms with Crippen LogP contribution >= 0.6 is 0 Å². The molecule has 2 aromatic carbocycles. The maximum absolute atomic E-state index is 12.4. The number of carbonyl (C=O) groups excluding carboxylic acids is 2. The summed E-state index contributed by atoms with van der Waals surface area (Å²) < 4.78 is 10.6. The molecule has 25 heavy (non-hydrogen) atoms. The molecule has 1 atom stereocenters. The average Bonchev–Trinajstić information content (AvgIpc) is 2.96. The van der Waals surface area contributed by atoms with E-state index in [1.807, 2.05) is 0 Å². The molecule has 3 rings (SSSR count). The van der Waals surface area contributed by atoms with Crippen LogP contribution in [-0.4, -0.2) is 31.0 Å². The van der Waals surface area contributed by atoms with Crippen LogP contribution in [0.4, 0.5) is 0 Å². The number of carbonyl (C=O) groups is 2. The van der Waals surface area contributed by atoms with Crippen molar-refractivity contribution in [1.82, 2.24) is 5.32 Å². The van der Waals surface area contributed by atoms with Gasteiger partial charge in [0.05, 0.1) is 25.8 Å². The lowest BCUT2D eigenvalue weighted by Gasteiger charge is -2.17. The van der Waals surface area contributed by atoms with E-state index in [1.165, 1.54) is 14.2 Å². The molecule has 0 radical (unpaired) electrons. The predicted octanol–water partition coefficient (Wildman–Crippen LogP) is 2.41. The molecular formula is C19H17NO5. The molecule has 2 aromatic rings. The van der Waals surface area contributed by atoms with Crippen LogP contribution < -0.4 is 14.8 Å². The Morgan fingerprint density at radius 3 is 2.40 bits per heavy atom. The summed E-state index contributed by atoms with van der Waals surface area (Å²) in [4.78, 5) is 24.3. The van der Waals surface area contributed by atoms with Gasteiger partial charge < -0.3 is 19.9 Å². The van der Waals surface area contributed by atoms with E-state index < -0.39 is 17.7 Å². The van der Waals surface area contributed by atoms with Crippen LogP contribution in [0.5, 0.6) is 11.5 Å². The Morgan fingerprint density at radius 2 is 1.76 bits per heavy atom. The minimum absolute atomic E-state index is 0.0113. The number of methoxy groups -OCH3 is 2. The maximum Gasteiger partial charge on any atom is 0.293 e. The lowest BCUT2D eigenvalue weighted by atomic mass is 9.95. The van der Waals surface area contributed by atoms with Gasteiger partial charge in [-0.05, 0) is 18.2 Å². The van der Waals surface area contributed by atoms with Crippen LogP contribution in [-0.2, 0) is 9.59 Å². The third kappa shape index (κ3) is 2.94. The van der Waals surface area contributed by atoms with Gasteiger partial charge >= 0.3 is 0 Å². The molecule has 0 spiro atoms. The highest BCUT2D eigenvalue weighted by molar-refractivity contribution is 6.46. The van der Waals surface area contributed by atoms with E-state index >= 15 is 0 Å². The fraction of sp³-hybridized carbons (Fsp3) is 0.158. The largest absolute Gasteiger partial charge is 0.507 e. The Bertz CT molecular complexity index is 857. The second-order valence-electron chi connectivity index (χ2n) is 5.47. The molecule has 0 aliphatic carbocycles. The van der Waals surface area contributed by atoms with Gasteiger partial charge in [0.15, 0.2) is 0 Å². The minimum Gasteiger partial charge on any atom is -0.507 e. The molecule has 1 amide bonds. The molecule has 1 saturated heterocycles. The number of aliphatic hydroxyl groups excluding tert-OH is 1. The monoisotopic (exact) mass is 339 g/mol. The van der Waals surface area contributed by atoms with Gasteiger partial charge in [0.25, 0.3) is 11.7 Å². The molecule has 2 N–H and O–H groups in total. The fourth-order valence-electron chi connectivity index (χ4n) is 2.82. The molecular weight excluding hydrogens is 322 g/mol. The van der Waals surface area contributed by atoms with Gasteiger partial charge in [-0.2, -0.15) is 0 Å². The maximum atomic E-state index is 12.4. The van der Waals surface area contributed by atoms with Crippen LogP contribution in [0.2, 0.25) is 0 Å². The summed E-state index contributed by atoms with van der Waals surface area (Å²) in [6.07, 6.45) is 0. The van der Waals surface area contributed by atoms with Crippen molar-refractivity contribution in [3.05, 3.63) is 65.2 Å². The molecule has 1 aliphatic heterocycles. The van der Waals surface area contributed by atoms with E-state index in [-0.39, 0.29) is 11.3 Å². The molecule has 1 aliphatic rings. The number of ether oxygens (including phenoxy) is 2. The first-order valence-corrected chi connectivity index (χ1v) is 7.62. The van der Waals surface area contributed by atoms with Crippen molar-refractivity contribution in [2.45, 2.75) is 6.04 Å². The van der Waals surface area contributed by atoms with Crippen LogP contribution in [0.3, 0.4) is 0 Å². The van der Waals surface area contributed by atoms with Crippen LogP contribution in [0, 0.1) is 0 Å². The molecule has 1 fully saturated rings. The van der Waals surface area contributed by atoms with Gasteiger partial charge in [0, 0.05) is 11.1 Å². The highest BCUT2D eigenvalue weighted by Gasteiger charge is 2.40. The standard InChI is InChI=1S/C19H17NO5/c1-24-12-8-9-14(25-2)13(10-12)16-15(18(22)19(23)20-16)17(21)11-6-4-3-5-7-11/h3-10,16,21H,1-2H3,(H,20,23)/b17-15+. The first kappa shape index (κ1) is 16.6. The summed E-state index contributed by atoms with van der Waals surface area (Å²) in [5, 5.41) is 13.2.